The number of hydrogen-bond acceptors (Lipinski definition) is 3. The Balaban J connectivity index is 1.70. The first kappa shape index (κ1) is 13.8. The van der Waals surface area contributed by atoms with Crippen LogP contribution in [0.4, 0.5) is 0 Å². The van der Waals surface area contributed by atoms with Crippen molar-refractivity contribution in [1.82, 2.24) is 15.5 Å². The summed E-state index contributed by atoms with van der Waals surface area (Å²) in [5.41, 5.74) is 0. The molecule has 2 aliphatic rings. The third-order valence-corrected chi connectivity index (χ3v) is 4.30. The molecule has 1 unspecified atom stereocenters. The van der Waals surface area contributed by atoms with Gasteiger partial charge in [0.1, 0.15) is 0 Å². The Bertz CT molecular complexity index is 250. The van der Waals surface area contributed by atoms with Gasteiger partial charge in [0.25, 0.3) is 0 Å². The van der Waals surface area contributed by atoms with E-state index in [1.165, 1.54) is 25.7 Å². The average Bonchev–Trinajstić information content (AvgIpc) is 2.76. The Kier molecular flexibility index (Phi) is 5.45. The van der Waals surface area contributed by atoms with E-state index in [0.29, 0.717) is 18.5 Å². The van der Waals surface area contributed by atoms with Crippen LogP contribution in [0.15, 0.2) is 0 Å². The van der Waals surface area contributed by atoms with E-state index in [-0.39, 0.29) is 5.91 Å². The quantitative estimate of drug-likeness (QED) is 0.785. The van der Waals surface area contributed by atoms with Gasteiger partial charge in [-0.05, 0) is 45.2 Å². The normalized spacial score (nSPS) is 24.7. The molecule has 1 heterocycles. The molecule has 2 fully saturated rings. The van der Waals surface area contributed by atoms with E-state index in [2.05, 4.69) is 22.5 Å². The molecule has 0 spiro atoms. The minimum absolute atomic E-state index is 0.205. The number of amides is 1. The summed E-state index contributed by atoms with van der Waals surface area (Å²) < 4.78 is 0. The van der Waals surface area contributed by atoms with Crippen molar-refractivity contribution in [3.8, 4) is 0 Å². The van der Waals surface area contributed by atoms with E-state index in [1.54, 1.807) is 0 Å². The number of rotatable bonds is 4. The lowest BCUT2D eigenvalue weighted by Gasteiger charge is -2.23. The van der Waals surface area contributed by atoms with E-state index in [4.69, 9.17) is 0 Å². The van der Waals surface area contributed by atoms with Gasteiger partial charge in [0.15, 0.2) is 0 Å². The molecule has 2 N–H and O–H groups in total. The van der Waals surface area contributed by atoms with Crippen LogP contribution in [-0.2, 0) is 4.79 Å². The van der Waals surface area contributed by atoms with Gasteiger partial charge in [0, 0.05) is 19.1 Å². The summed E-state index contributed by atoms with van der Waals surface area (Å²) in [6.45, 7) is 6.85. The van der Waals surface area contributed by atoms with Crippen molar-refractivity contribution in [3.63, 3.8) is 0 Å². The zero-order chi connectivity index (χ0) is 12.8. The molecule has 4 heteroatoms. The predicted molar refractivity (Wildman–Crippen MR) is 73.5 cm³/mol. The molecule has 1 saturated heterocycles. The summed E-state index contributed by atoms with van der Waals surface area (Å²) in [6.07, 6.45) is 6.39. The van der Waals surface area contributed by atoms with Gasteiger partial charge in [-0.1, -0.05) is 12.8 Å². The Labute approximate surface area is 110 Å². The second-order valence-electron chi connectivity index (χ2n) is 5.78. The fraction of sp³-hybridized carbons (Fsp3) is 0.929. The maximum atomic E-state index is 12.0. The van der Waals surface area contributed by atoms with Crippen LogP contribution in [0.25, 0.3) is 0 Å². The van der Waals surface area contributed by atoms with Crippen molar-refractivity contribution in [1.29, 1.82) is 0 Å². The van der Waals surface area contributed by atoms with Gasteiger partial charge in [-0.3, -0.25) is 9.69 Å². The molecular formula is C14H27N3O. The first-order valence-corrected chi connectivity index (χ1v) is 7.48. The highest BCUT2D eigenvalue weighted by atomic mass is 16.2. The second-order valence-corrected chi connectivity index (χ2v) is 5.78. The molecule has 1 aliphatic heterocycles. The zero-order valence-electron chi connectivity index (χ0n) is 11.6. The first-order valence-electron chi connectivity index (χ1n) is 7.48. The van der Waals surface area contributed by atoms with Crippen LogP contribution >= 0.6 is 0 Å². The minimum Gasteiger partial charge on any atom is -0.352 e. The lowest BCUT2D eigenvalue weighted by Crippen LogP contribution is -2.44. The summed E-state index contributed by atoms with van der Waals surface area (Å²) in [6, 6.07) is 0.352. The highest BCUT2D eigenvalue weighted by molar-refractivity contribution is 5.78. The summed E-state index contributed by atoms with van der Waals surface area (Å²) in [4.78, 5) is 14.3. The largest absolute Gasteiger partial charge is 0.352 e. The molecule has 1 aliphatic carbocycles. The van der Waals surface area contributed by atoms with Crippen molar-refractivity contribution < 1.29 is 4.79 Å². The van der Waals surface area contributed by atoms with Crippen molar-refractivity contribution in [2.24, 2.45) is 5.92 Å². The van der Waals surface area contributed by atoms with Gasteiger partial charge in [-0.25, -0.2) is 0 Å². The van der Waals surface area contributed by atoms with Gasteiger partial charge >= 0.3 is 0 Å². The van der Waals surface area contributed by atoms with E-state index in [9.17, 15) is 4.79 Å². The molecule has 2 rings (SSSR count). The van der Waals surface area contributed by atoms with Gasteiger partial charge in [0.2, 0.25) is 5.91 Å². The molecule has 0 aromatic heterocycles. The molecule has 1 saturated carbocycles. The maximum Gasteiger partial charge on any atom is 0.234 e. The summed E-state index contributed by atoms with van der Waals surface area (Å²) in [5.74, 6) is 0.913. The van der Waals surface area contributed by atoms with Crippen molar-refractivity contribution in [2.45, 2.75) is 45.1 Å². The van der Waals surface area contributed by atoms with Crippen LogP contribution in [0, 0.1) is 5.92 Å². The highest BCUT2D eigenvalue weighted by Gasteiger charge is 2.23. The van der Waals surface area contributed by atoms with Gasteiger partial charge < -0.3 is 10.6 Å². The summed E-state index contributed by atoms with van der Waals surface area (Å²) in [7, 11) is 0. The topological polar surface area (TPSA) is 44.4 Å². The molecular weight excluding hydrogens is 226 g/mol. The van der Waals surface area contributed by atoms with Gasteiger partial charge in [0.05, 0.1) is 6.54 Å². The van der Waals surface area contributed by atoms with Crippen molar-refractivity contribution >= 4 is 5.91 Å². The first-order chi connectivity index (χ1) is 8.75. The van der Waals surface area contributed by atoms with Crippen LogP contribution < -0.4 is 10.6 Å². The Morgan fingerprint density at radius 3 is 2.83 bits per heavy atom. The lowest BCUT2D eigenvalue weighted by molar-refractivity contribution is -0.123. The van der Waals surface area contributed by atoms with Crippen LogP contribution in [-0.4, -0.2) is 49.6 Å². The molecule has 18 heavy (non-hydrogen) atoms. The highest BCUT2D eigenvalue weighted by Crippen LogP contribution is 2.27. The van der Waals surface area contributed by atoms with Crippen molar-refractivity contribution in [3.05, 3.63) is 0 Å². The maximum absolute atomic E-state index is 12.0. The number of carbonyl (C=O) groups excluding carboxylic acids is 1. The molecule has 0 aromatic carbocycles. The van der Waals surface area contributed by atoms with Crippen molar-refractivity contribution in [2.75, 3.05) is 32.7 Å². The van der Waals surface area contributed by atoms with Crippen LogP contribution in [0.1, 0.15) is 39.0 Å². The lowest BCUT2D eigenvalue weighted by atomic mass is 10.00. The molecule has 1 atom stereocenters. The summed E-state index contributed by atoms with van der Waals surface area (Å²) in [5, 5.41) is 6.55. The van der Waals surface area contributed by atoms with Crippen LogP contribution in [0.5, 0.6) is 0 Å². The third-order valence-electron chi connectivity index (χ3n) is 4.30. The number of hydrogen-bond donors (Lipinski definition) is 2. The number of nitrogens with zero attached hydrogens (tertiary/aromatic N) is 1. The second kappa shape index (κ2) is 7.10. The molecule has 4 nitrogen and oxygen atoms in total. The predicted octanol–water partition coefficient (Wildman–Crippen LogP) is 0.977. The minimum atomic E-state index is 0.205. The molecule has 0 bridgehead atoms. The molecule has 104 valence electrons. The standard InChI is InChI=1S/C14H27N3O/c1-12(13-5-2-3-6-13)16-14(18)11-17-9-4-7-15-8-10-17/h12-13,15H,2-11H2,1H3,(H,16,18). The smallest absolute Gasteiger partial charge is 0.234 e. The van der Waals surface area contributed by atoms with Gasteiger partial charge in [-0.15, -0.1) is 0 Å². The molecule has 1 amide bonds. The van der Waals surface area contributed by atoms with E-state index in [0.717, 1.165) is 32.6 Å². The average molecular weight is 253 g/mol. The van der Waals surface area contributed by atoms with Gasteiger partial charge in [-0.2, -0.15) is 0 Å². The fourth-order valence-corrected chi connectivity index (χ4v) is 3.14. The third kappa shape index (κ3) is 4.25. The number of carbonyl (C=O) groups is 1. The SMILES string of the molecule is CC(NC(=O)CN1CCCNCC1)C1CCCC1. The number of nitrogens with one attached hydrogen (secondary N) is 2. The zero-order valence-corrected chi connectivity index (χ0v) is 11.6. The van der Waals surface area contributed by atoms with Crippen LogP contribution in [0.3, 0.4) is 0 Å². The molecule has 0 aromatic rings. The Morgan fingerprint density at radius 1 is 1.28 bits per heavy atom. The fourth-order valence-electron chi connectivity index (χ4n) is 3.14. The van der Waals surface area contributed by atoms with Crippen LogP contribution in [0.2, 0.25) is 0 Å². The molecule has 0 radical (unpaired) electrons. The van der Waals surface area contributed by atoms with E-state index < -0.39 is 0 Å². The van der Waals surface area contributed by atoms with E-state index >= 15 is 0 Å². The summed E-state index contributed by atoms with van der Waals surface area (Å²) >= 11 is 0. The van der Waals surface area contributed by atoms with E-state index in [1.807, 2.05) is 0 Å². The Morgan fingerprint density at radius 2 is 2.06 bits per heavy atom. The Hall–Kier alpha value is -0.610. The monoisotopic (exact) mass is 253 g/mol.